The first-order valence-corrected chi connectivity index (χ1v) is 13.3. The molecule has 0 aliphatic carbocycles. The molecule has 0 aromatic heterocycles. The van der Waals surface area contributed by atoms with Gasteiger partial charge in [0.15, 0.2) is 9.84 Å². The Hall–Kier alpha value is -2.75. The van der Waals surface area contributed by atoms with Crippen molar-refractivity contribution in [2.24, 2.45) is 0 Å². The molecule has 10 heteroatoms. The van der Waals surface area contributed by atoms with Gasteiger partial charge in [0.2, 0.25) is 0 Å². The highest BCUT2D eigenvalue weighted by Gasteiger charge is 2.32. The highest BCUT2D eigenvalue weighted by atomic mass is 35.5. The van der Waals surface area contributed by atoms with Crippen molar-refractivity contribution in [1.82, 2.24) is 4.90 Å². The molecule has 0 unspecified atom stereocenters. The van der Waals surface area contributed by atoms with Crippen LogP contribution in [0.1, 0.15) is 12.8 Å². The second-order valence-electron chi connectivity index (χ2n) is 8.48. The van der Waals surface area contributed by atoms with Crippen molar-refractivity contribution < 1.29 is 31.1 Å². The van der Waals surface area contributed by atoms with E-state index in [-0.39, 0.29) is 10.6 Å². The molecule has 1 fully saturated rings. The van der Waals surface area contributed by atoms with Gasteiger partial charge >= 0.3 is 6.36 Å². The zero-order chi connectivity index (χ0) is 25.8. The number of hydrogen-bond acceptors (Lipinski definition) is 5. The largest absolute Gasteiger partial charge is 0.573 e. The lowest BCUT2D eigenvalue weighted by Gasteiger charge is -2.31. The number of hydrogen-bond donors (Lipinski definition) is 0. The van der Waals surface area contributed by atoms with Gasteiger partial charge in [-0.15, -0.1) is 13.2 Å². The number of rotatable bonds is 8. The molecule has 1 saturated heterocycles. The van der Waals surface area contributed by atoms with Crippen LogP contribution in [0.2, 0.25) is 5.02 Å². The van der Waals surface area contributed by atoms with Crippen molar-refractivity contribution >= 4 is 21.4 Å². The smallest absolute Gasteiger partial charge is 0.492 e. The normalized spacial score (nSPS) is 15.6. The Balaban J connectivity index is 1.30. The van der Waals surface area contributed by atoms with Crippen LogP contribution in [0.25, 0.3) is 11.1 Å². The lowest BCUT2D eigenvalue weighted by molar-refractivity contribution is -0.274. The van der Waals surface area contributed by atoms with Crippen LogP contribution in [0.3, 0.4) is 0 Å². The number of alkyl halides is 3. The number of piperidine rings is 1. The molecule has 4 rings (SSSR count). The predicted molar refractivity (Wildman–Crippen MR) is 132 cm³/mol. The molecular formula is C26H25ClF3NO4S. The standard InChI is InChI=1S/C26H25ClF3NO4S/c27-21-5-9-22(10-6-21)34-18-17-31-15-13-25(14-16-31)36(32,33)24-11-3-20(4-12-24)19-1-7-23(8-2-19)35-26(28,29)30/h1-12,25H,13-18H2. The van der Waals surface area contributed by atoms with Gasteiger partial charge in [-0.25, -0.2) is 8.42 Å². The fraction of sp³-hybridized carbons (Fsp3) is 0.308. The summed E-state index contributed by atoms with van der Waals surface area (Å²) in [6.45, 7) is 2.54. The summed E-state index contributed by atoms with van der Waals surface area (Å²) >= 11 is 5.87. The van der Waals surface area contributed by atoms with Gasteiger partial charge in [0, 0.05) is 11.6 Å². The van der Waals surface area contributed by atoms with E-state index < -0.39 is 21.4 Å². The van der Waals surface area contributed by atoms with Crippen LogP contribution in [-0.2, 0) is 9.84 Å². The minimum Gasteiger partial charge on any atom is -0.492 e. The molecular weight excluding hydrogens is 515 g/mol. The van der Waals surface area contributed by atoms with Gasteiger partial charge in [-0.05, 0) is 85.6 Å². The summed E-state index contributed by atoms with van der Waals surface area (Å²) in [6.07, 6.45) is -3.68. The third-order valence-electron chi connectivity index (χ3n) is 6.07. The Kier molecular flexibility index (Phi) is 8.12. The first-order valence-electron chi connectivity index (χ1n) is 11.4. The Labute approximate surface area is 213 Å². The monoisotopic (exact) mass is 539 g/mol. The van der Waals surface area contributed by atoms with Crippen LogP contribution in [0.15, 0.2) is 77.7 Å². The van der Waals surface area contributed by atoms with Crippen LogP contribution in [0.5, 0.6) is 11.5 Å². The highest BCUT2D eigenvalue weighted by molar-refractivity contribution is 7.92. The molecule has 36 heavy (non-hydrogen) atoms. The predicted octanol–water partition coefficient (Wildman–Crippen LogP) is 6.22. The molecule has 0 bridgehead atoms. The lowest BCUT2D eigenvalue weighted by Crippen LogP contribution is -2.41. The molecule has 0 radical (unpaired) electrons. The zero-order valence-corrected chi connectivity index (χ0v) is 20.8. The van der Waals surface area contributed by atoms with Crippen molar-refractivity contribution in [1.29, 1.82) is 0 Å². The number of likely N-dealkylation sites (tertiary alicyclic amines) is 1. The maximum atomic E-state index is 13.2. The first kappa shape index (κ1) is 26.3. The molecule has 0 saturated carbocycles. The maximum absolute atomic E-state index is 13.2. The van der Waals surface area contributed by atoms with Crippen LogP contribution < -0.4 is 9.47 Å². The third kappa shape index (κ3) is 6.93. The number of sulfone groups is 1. The first-order chi connectivity index (χ1) is 17.1. The van der Waals surface area contributed by atoms with E-state index in [2.05, 4.69) is 9.64 Å². The summed E-state index contributed by atoms with van der Waals surface area (Å²) in [5, 5.41) is 0.185. The number of ether oxygens (including phenoxy) is 2. The molecule has 0 atom stereocenters. The topological polar surface area (TPSA) is 55.8 Å². The van der Waals surface area contributed by atoms with E-state index in [9.17, 15) is 21.6 Å². The Morgan fingerprint density at radius 3 is 1.92 bits per heavy atom. The van der Waals surface area contributed by atoms with Gasteiger partial charge < -0.3 is 9.47 Å². The molecule has 1 aliphatic heterocycles. The Morgan fingerprint density at radius 2 is 1.36 bits per heavy atom. The summed E-state index contributed by atoms with van der Waals surface area (Å²) in [5.74, 6) is 0.430. The van der Waals surface area contributed by atoms with E-state index in [4.69, 9.17) is 16.3 Å². The molecule has 0 spiro atoms. The molecule has 1 heterocycles. The van der Waals surface area contributed by atoms with Crippen LogP contribution in [0.4, 0.5) is 13.2 Å². The molecule has 192 valence electrons. The summed E-state index contributed by atoms with van der Waals surface area (Å²) in [6, 6.07) is 19.0. The summed E-state index contributed by atoms with van der Waals surface area (Å²) in [5.41, 5.74) is 1.35. The van der Waals surface area contributed by atoms with Crippen molar-refractivity contribution in [2.45, 2.75) is 29.3 Å². The Morgan fingerprint density at radius 1 is 0.833 bits per heavy atom. The van der Waals surface area contributed by atoms with Crippen molar-refractivity contribution in [3.8, 4) is 22.6 Å². The summed E-state index contributed by atoms with van der Waals surface area (Å²) in [4.78, 5) is 2.43. The number of nitrogens with zero attached hydrogens (tertiary/aromatic N) is 1. The van der Waals surface area contributed by atoms with Gasteiger partial charge in [0.05, 0.1) is 10.1 Å². The van der Waals surface area contributed by atoms with Gasteiger partial charge in [-0.3, -0.25) is 4.90 Å². The van der Waals surface area contributed by atoms with E-state index in [1.165, 1.54) is 24.3 Å². The van der Waals surface area contributed by atoms with Crippen molar-refractivity contribution in [2.75, 3.05) is 26.2 Å². The zero-order valence-electron chi connectivity index (χ0n) is 19.2. The van der Waals surface area contributed by atoms with E-state index in [1.54, 1.807) is 36.4 Å². The minimum atomic E-state index is -4.75. The summed E-state index contributed by atoms with van der Waals surface area (Å²) < 4.78 is 73.0. The van der Waals surface area contributed by atoms with E-state index >= 15 is 0 Å². The second kappa shape index (κ2) is 11.1. The van der Waals surface area contributed by atoms with E-state index in [1.807, 2.05) is 12.1 Å². The van der Waals surface area contributed by atoms with Crippen LogP contribution in [-0.4, -0.2) is 51.2 Å². The molecule has 0 N–H and O–H groups in total. The number of halogens is 4. The van der Waals surface area contributed by atoms with Crippen LogP contribution in [0, 0.1) is 0 Å². The highest BCUT2D eigenvalue weighted by Crippen LogP contribution is 2.29. The van der Waals surface area contributed by atoms with Gasteiger partial charge in [-0.1, -0.05) is 35.9 Å². The molecule has 0 amide bonds. The average molecular weight is 540 g/mol. The van der Waals surface area contributed by atoms with Gasteiger partial charge in [0.1, 0.15) is 18.1 Å². The maximum Gasteiger partial charge on any atom is 0.573 e. The molecule has 5 nitrogen and oxygen atoms in total. The second-order valence-corrected chi connectivity index (χ2v) is 11.1. The average Bonchev–Trinajstić information content (AvgIpc) is 2.85. The quantitative estimate of drug-likeness (QED) is 0.340. The Bertz CT molecular complexity index is 1240. The molecule has 3 aromatic rings. The molecule has 3 aromatic carbocycles. The number of benzene rings is 3. The molecule has 1 aliphatic rings. The SMILES string of the molecule is O=S(=O)(c1ccc(-c2ccc(OC(F)(F)F)cc2)cc1)C1CCN(CCOc2ccc(Cl)cc2)CC1. The fourth-order valence-corrected chi connectivity index (χ4v) is 6.00. The minimum absolute atomic E-state index is 0.243. The van der Waals surface area contributed by atoms with Crippen molar-refractivity contribution in [3.63, 3.8) is 0 Å². The lowest BCUT2D eigenvalue weighted by atomic mass is 10.1. The fourth-order valence-electron chi connectivity index (χ4n) is 4.15. The third-order valence-corrected chi connectivity index (χ3v) is 8.60. The summed E-state index contributed by atoms with van der Waals surface area (Å²) in [7, 11) is -3.49. The van der Waals surface area contributed by atoms with Gasteiger partial charge in [-0.2, -0.15) is 0 Å². The van der Waals surface area contributed by atoms with Crippen molar-refractivity contribution in [3.05, 3.63) is 77.8 Å². The van der Waals surface area contributed by atoms with E-state index in [0.29, 0.717) is 55.2 Å². The van der Waals surface area contributed by atoms with Crippen LogP contribution >= 0.6 is 11.6 Å². The van der Waals surface area contributed by atoms with E-state index in [0.717, 1.165) is 5.75 Å². The van der Waals surface area contributed by atoms with Gasteiger partial charge in [0.25, 0.3) is 0 Å².